The van der Waals surface area contributed by atoms with Crippen LogP contribution in [0.2, 0.25) is 0 Å². The van der Waals surface area contributed by atoms with E-state index in [-0.39, 0.29) is 22.4 Å². The third-order valence-electron chi connectivity index (χ3n) is 3.92. The Labute approximate surface area is 130 Å². The molecule has 0 saturated carbocycles. The van der Waals surface area contributed by atoms with Gasteiger partial charge in [-0.25, -0.2) is 8.42 Å². The molecule has 1 aromatic rings. The molecule has 1 aliphatic heterocycles. The summed E-state index contributed by atoms with van der Waals surface area (Å²) >= 11 is 4.92. The summed E-state index contributed by atoms with van der Waals surface area (Å²) in [4.78, 5) is 0.445. The van der Waals surface area contributed by atoms with Crippen molar-refractivity contribution in [2.24, 2.45) is 11.7 Å². The van der Waals surface area contributed by atoms with Gasteiger partial charge >= 0.3 is 0 Å². The van der Waals surface area contributed by atoms with Crippen LogP contribution in [0, 0.1) is 12.8 Å². The summed E-state index contributed by atoms with van der Waals surface area (Å²) < 4.78 is 27.0. The maximum Gasteiger partial charge on any atom is 0.243 e. The van der Waals surface area contributed by atoms with Crippen LogP contribution in [0.25, 0.3) is 0 Å². The molecule has 1 heterocycles. The zero-order chi connectivity index (χ0) is 15.6. The third-order valence-corrected chi connectivity index (χ3v) is 6.20. The Bertz CT molecular complexity index is 636. The van der Waals surface area contributed by atoms with Gasteiger partial charge in [-0.2, -0.15) is 4.31 Å². The summed E-state index contributed by atoms with van der Waals surface area (Å²) in [5.41, 5.74) is 6.82. The van der Waals surface area contributed by atoms with Crippen LogP contribution in [0.1, 0.15) is 24.0 Å². The lowest BCUT2D eigenvalue weighted by Crippen LogP contribution is -2.39. The quantitative estimate of drug-likeness (QED) is 0.806. The molecule has 1 aromatic carbocycles. The molecule has 5 nitrogen and oxygen atoms in total. The fourth-order valence-corrected chi connectivity index (χ4v) is 4.35. The van der Waals surface area contributed by atoms with Crippen molar-refractivity contribution in [3.8, 4) is 0 Å². The molecule has 0 amide bonds. The van der Waals surface area contributed by atoms with E-state index in [9.17, 15) is 8.42 Å². The molecular weight excluding hydrogens is 308 g/mol. The van der Waals surface area contributed by atoms with E-state index in [1.165, 1.54) is 4.31 Å². The summed E-state index contributed by atoms with van der Waals surface area (Å²) in [6.45, 7) is 2.75. The van der Waals surface area contributed by atoms with E-state index in [2.05, 4.69) is 0 Å². The highest BCUT2D eigenvalue weighted by Gasteiger charge is 2.30. The molecule has 0 aromatic heterocycles. The molecule has 1 aliphatic rings. The second-order valence-corrected chi connectivity index (χ2v) is 7.72. The van der Waals surface area contributed by atoms with Gasteiger partial charge in [-0.3, -0.25) is 0 Å². The molecule has 2 rings (SSSR count). The second-order valence-electron chi connectivity index (χ2n) is 5.37. The summed E-state index contributed by atoms with van der Waals surface area (Å²) in [7, 11) is -3.54. The van der Waals surface area contributed by atoms with Crippen LogP contribution >= 0.6 is 12.2 Å². The van der Waals surface area contributed by atoms with E-state index in [1.807, 2.05) is 0 Å². The minimum Gasteiger partial charge on any atom is -0.396 e. The number of piperidine rings is 1. The standard InChI is InChI=1S/C14H20N2O3S2/c1-10-2-3-12(14(15)20)8-13(10)21(18,19)16-6-4-11(9-17)5-7-16/h2-3,8,11,17H,4-7,9H2,1H3,(H2,15,20). The highest BCUT2D eigenvalue weighted by Crippen LogP contribution is 2.26. The number of thiocarbonyl (C=S) groups is 1. The monoisotopic (exact) mass is 328 g/mol. The summed E-state index contributed by atoms with van der Waals surface area (Å²) in [6, 6.07) is 5.00. The predicted octanol–water partition coefficient (Wildman–Crippen LogP) is 1.02. The number of rotatable bonds is 4. The maximum atomic E-state index is 12.8. The van der Waals surface area contributed by atoms with Crippen molar-refractivity contribution in [3.63, 3.8) is 0 Å². The second kappa shape index (κ2) is 6.39. The first-order valence-electron chi connectivity index (χ1n) is 6.87. The largest absolute Gasteiger partial charge is 0.396 e. The lowest BCUT2D eigenvalue weighted by atomic mass is 10.00. The number of nitrogens with zero attached hydrogens (tertiary/aromatic N) is 1. The molecule has 0 spiro atoms. The van der Waals surface area contributed by atoms with E-state index in [4.69, 9.17) is 23.1 Å². The number of nitrogens with two attached hydrogens (primary N) is 1. The van der Waals surface area contributed by atoms with Gasteiger partial charge in [0.15, 0.2) is 0 Å². The smallest absolute Gasteiger partial charge is 0.243 e. The normalized spacial score (nSPS) is 17.8. The van der Waals surface area contributed by atoms with Gasteiger partial charge in [0.2, 0.25) is 10.0 Å². The first-order valence-corrected chi connectivity index (χ1v) is 8.72. The molecule has 0 unspecified atom stereocenters. The Morgan fingerprint density at radius 2 is 2.05 bits per heavy atom. The van der Waals surface area contributed by atoms with Gasteiger partial charge in [-0.15, -0.1) is 0 Å². The van der Waals surface area contributed by atoms with Crippen LogP contribution < -0.4 is 5.73 Å². The maximum absolute atomic E-state index is 12.8. The highest BCUT2D eigenvalue weighted by atomic mass is 32.2. The van der Waals surface area contributed by atoms with E-state index in [0.717, 1.165) is 0 Å². The molecular formula is C14H20N2O3S2. The van der Waals surface area contributed by atoms with Crippen LogP contribution in [0.3, 0.4) is 0 Å². The molecule has 7 heteroatoms. The average molecular weight is 328 g/mol. The Hall–Kier alpha value is -1.02. The zero-order valence-corrected chi connectivity index (χ0v) is 13.6. The predicted molar refractivity (Wildman–Crippen MR) is 85.6 cm³/mol. The van der Waals surface area contributed by atoms with Gasteiger partial charge in [0.1, 0.15) is 4.99 Å². The Balaban J connectivity index is 2.32. The topological polar surface area (TPSA) is 83.6 Å². The van der Waals surface area contributed by atoms with Gasteiger partial charge in [0, 0.05) is 25.3 Å². The number of aryl methyl sites for hydroxylation is 1. The molecule has 0 aliphatic carbocycles. The van der Waals surface area contributed by atoms with Crippen LogP contribution in [0.5, 0.6) is 0 Å². The summed E-state index contributed by atoms with van der Waals surface area (Å²) in [5.74, 6) is 0.195. The van der Waals surface area contributed by atoms with Gasteiger partial charge in [-0.05, 0) is 37.3 Å². The van der Waals surface area contributed by atoms with Crippen molar-refractivity contribution in [2.75, 3.05) is 19.7 Å². The number of hydrogen-bond acceptors (Lipinski definition) is 4. The fourth-order valence-electron chi connectivity index (χ4n) is 2.50. The lowest BCUT2D eigenvalue weighted by molar-refractivity contribution is 0.170. The first-order chi connectivity index (χ1) is 9.86. The first kappa shape index (κ1) is 16.4. The van der Waals surface area contributed by atoms with Crippen LogP contribution in [0.4, 0.5) is 0 Å². The van der Waals surface area contributed by atoms with Crippen LogP contribution in [0.15, 0.2) is 23.1 Å². The van der Waals surface area contributed by atoms with Crippen molar-refractivity contribution < 1.29 is 13.5 Å². The van der Waals surface area contributed by atoms with Crippen LogP contribution in [-0.2, 0) is 10.0 Å². The lowest BCUT2D eigenvalue weighted by Gasteiger charge is -2.30. The molecule has 0 radical (unpaired) electrons. The number of hydrogen-bond donors (Lipinski definition) is 2. The highest BCUT2D eigenvalue weighted by molar-refractivity contribution is 7.89. The van der Waals surface area contributed by atoms with E-state index < -0.39 is 10.0 Å². The molecule has 1 saturated heterocycles. The van der Waals surface area contributed by atoms with Crippen molar-refractivity contribution >= 4 is 27.2 Å². The van der Waals surface area contributed by atoms with Crippen molar-refractivity contribution in [2.45, 2.75) is 24.7 Å². The molecule has 3 N–H and O–H groups in total. The van der Waals surface area contributed by atoms with Gasteiger partial charge in [0.05, 0.1) is 4.90 Å². The fraction of sp³-hybridized carbons (Fsp3) is 0.500. The van der Waals surface area contributed by atoms with E-state index in [0.29, 0.717) is 37.1 Å². The molecule has 1 fully saturated rings. The number of aliphatic hydroxyl groups is 1. The van der Waals surface area contributed by atoms with Crippen molar-refractivity contribution in [1.82, 2.24) is 4.31 Å². The molecule has 116 valence electrons. The SMILES string of the molecule is Cc1ccc(C(N)=S)cc1S(=O)(=O)N1CCC(CO)CC1. The zero-order valence-electron chi connectivity index (χ0n) is 11.9. The number of benzene rings is 1. The Morgan fingerprint density at radius 1 is 1.43 bits per heavy atom. The van der Waals surface area contributed by atoms with Gasteiger partial charge in [-0.1, -0.05) is 24.4 Å². The average Bonchev–Trinajstić information content (AvgIpc) is 2.47. The van der Waals surface area contributed by atoms with Crippen molar-refractivity contribution in [3.05, 3.63) is 29.3 Å². The number of aliphatic hydroxyl groups excluding tert-OH is 1. The molecule has 0 atom stereocenters. The van der Waals surface area contributed by atoms with Crippen LogP contribution in [-0.4, -0.2) is 42.5 Å². The molecule has 0 bridgehead atoms. The number of sulfonamides is 1. The minimum atomic E-state index is -3.54. The Morgan fingerprint density at radius 3 is 2.57 bits per heavy atom. The summed E-state index contributed by atoms with van der Waals surface area (Å²) in [6.07, 6.45) is 1.37. The minimum absolute atomic E-state index is 0.115. The molecule has 21 heavy (non-hydrogen) atoms. The van der Waals surface area contributed by atoms with Gasteiger partial charge in [0.25, 0.3) is 0 Å². The van der Waals surface area contributed by atoms with Crippen molar-refractivity contribution in [1.29, 1.82) is 0 Å². The van der Waals surface area contributed by atoms with E-state index in [1.54, 1.807) is 25.1 Å². The van der Waals surface area contributed by atoms with E-state index >= 15 is 0 Å². The third kappa shape index (κ3) is 3.42. The van der Waals surface area contributed by atoms with Gasteiger partial charge < -0.3 is 10.8 Å². The Kier molecular flexibility index (Phi) is 4.98. The summed E-state index contributed by atoms with van der Waals surface area (Å²) in [5, 5.41) is 9.14.